The molecular formula is C18H18FN3O3S. The maximum atomic E-state index is 12.8. The van der Waals surface area contributed by atoms with Crippen LogP contribution >= 0.6 is 11.8 Å². The van der Waals surface area contributed by atoms with Crippen molar-refractivity contribution in [3.63, 3.8) is 0 Å². The smallest absolute Gasteiger partial charge is 0.322 e. The molecule has 0 saturated heterocycles. The fourth-order valence-corrected chi connectivity index (χ4v) is 3.21. The van der Waals surface area contributed by atoms with Gasteiger partial charge >= 0.3 is 6.01 Å². The van der Waals surface area contributed by atoms with Crippen LogP contribution in [0, 0.1) is 19.7 Å². The van der Waals surface area contributed by atoms with Gasteiger partial charge in [-0.25, -0.2) is 4.39 Å². The molecule has 0 aliphatic carbocycles. The molecule has 0 aliphatic heterocycles. The topological polar surface area (TPSA) is 81.2 Å². The number of hydrogen-bond acceptors (Lipinski definition) is 6. The molecule has 3 rings (SSSR count). The Morgan fingerprint density at radius 3 is 2.65 bits per heavy atom. The van der Waals surface area contributed by atoms with Gasteiger partial charge in [0.25, 0.3) is 5.89 Å². The second kappa shape index (κ2) is 8.18. The van der Waals surface area contributed by atoms with Crippen molar-refractivity contribution in [2.45, 2.75) is 31.6 Å². The minimum Gasteiger partial charge on any atom is -0.466 e. The Hall–Kier alpha value is -2.61. The Morgan fingerprint density at radius 2 is 1.96 bits per heavy atom. The fourth-order valence-electron chi connectivity index (χ4n) is 2.36. The largest absolute Gasteiger partial charge is 0.466 e. The molecule has 0 aliphatic rings. The lowest BCUT2D eigenvalue weighted by Crippen LogP contribution is -2.11. The van der Waals surface area contributed by atoms with Gasteiger partial charge in [-0.3, -0.25) is 10.1 Å². The number of aromatic nitrogens is 2. The van der Waals surface area contributed by atoms with Gasteiger partial charge in [0.05, 0.1) is 5.56 Å². The summed E-state index contributed by atoms with van der Waals surface area (Å²) < 4.78 is 23.7. The number of nitrogens with one attached hydrogen (secondary N) is 1. The number of rotatable bonds is 7. The standard InChI is InChI=1S/C18H18FN3O3S/c1-11-10-15(12(2)24-11)17-21-22-18(25-17)20-16(23)4-3-9-26-14-7-5-13(19)6-8-14/h5-8,10H,3-4,9H2,1-2H3,(H,20,22,23). The van der Waals surface area contributed by atoms with Gasteiger partial charge in [-0.15, -0.1) is 16.9 Å². The summed E-state index contributed by atoms with van der Waals surface area (Å²) in [6, 6.07) is 8.16. The molecule has 0 fully saturated rings. The normalized spacial score (nSPS) is 10.9. The van der Waals surface area contributed by atoms with E-state index in [1.807, 2.05) is 13.8 Å². The number of carbonyl (C=O) groups excluding carboxylic acids is 1. The van der Waals surface area contributed by atoms with E-state index >= 15 is 0 Å². The number of amides is 1. The summed E-state index contributed by atoms with van der Waals surface area (Å²) in [5.74, 6) is 2.04. The molecular weight excluding hydrogens is 357 g/mol. The van der Waals surface area contributed by atoms with Crippen molar-refractivity contribution >= 4 is 23.7 Å². The third-order valence-corrected chi connectivity index (χ3v) is 4.67. The number of halogens is 1. The summed E-state index contributed by atoms with van der Waals surface area (Å²) in [7, 11) is 0. The molecule has 136 valence electrons. The Labute approximate surface area is 154 Å². The van der Waals surface area contributed by atoms with Crippen molar-refractivity contribution in [3.8, 4) is 11.5 Å². The second-order valence-electron chi connectivity index (χ2n) is 5.69. The summed E-state index contributed by atoms with van der Waals surface area (Å²) in [5.41, 5.74) is 0.714. The lowest BCUT2D eigenvalue weighted by molar-refractivity contribution is -0.116. The van der Waals surface area contributed by atoms with Crippen LogP contribution in [0.5, 0.6) is 0 Å². The predicted molar refractivity (Wildman–Crippen MR) is 96.5 cm³/mol. The van der Waals surface area contributed by atoms with Crippen LogP contribution in [0.1, 0.15) is 24.4 Å². The van der Waals surface area contributed by atoms with Crippen LogP contribution in [-0.2, 0) is 4.79 Å². The maximum absolute atomic E-state index is 12.8. The van der Waals surface area contributed by atoms with Crippen molar-refractivity contribution in [2.24, 2.45) is 0 Å². The number of benzene rings is 1. The molecule has 2 heterocycles. The molecule has 3 aromatic rings. The summed E-state index contributed by atoms with van der Waals surface area (Å²) >= 11 is 1.57. The Bertz CT molecular complexity index is 889. The van der Waals surface area contributed by atoms with E-state index in [9.17, 15) is 9.18 Å². The van der Waals surface area contributed by atoms with Crippen LogP contribution in [0.3, 0.4) is 0 Å². The first-order valence-corrected chi connectivity index (χ1v) is 9.09. The first-order chi connectivity index (χ1) is 12.5. The van der Waals surface area contributed by atoms with Gasteiger partial charge in [0, 0.05) is 11.3 Å². The van der Waals surface area contributed by atoms with Gasteiger partial charge < -0.3 is 8.83 Å². The minimum absolute atomic E-state index is 0.0643. The molecule has 0 saturated carbocycles. The second-order valence-corrected chi connectivity index (χ2v) is 6.86. The van der Waals surface area contributed by atoms with Crippen LogP contribution in [0.4, 0.5) is 10.4 Å². The van der Waals surface area contributed by atoms with E-state index in [-0.39, 0.29) is 17.7 Å². The molecule has 8 heteroatoms. The Morgan fingerprint density at radius 1 is 1.19 bits per heavy atom. The molecule has 0 spiro atoms. The van der Waals surface area contributed by atoms with E-state index < -0.39 is 0 Å². The third-order valence-electron chi connectivity index (χ3n) is 3.57. The lowest BCUT2D eigenvalue weighted by atomic mass is 10.2. The van der Waals surface area contributed by atoms with Crippen LogP contribution < -0.4 is 5.32 Å². The maximum Gasteiger partial charge on any atom is 0.322 e. The highest BCUT2D eigenvalue weighted by molar-refractivity contribution is 7.99. The van der Waals surface area contributed by atoms with Crippen LogP contribution in [0.25, 0.3) is 11.5 Å². The molecule has 6 nitrogen and oxygen atoms in total. The van der Waals surface area contributed by atoms with Gasteiger partial charge in [0.15, 0.2) is 0 Å². The van der Waals surface area contributed by atoms with E-state index in [0.29, 0.717) is 30.1 Å². The number of thioether (sulfide) groups is 1. The predicted octanol–water partition coefficient (Wildman–Crippen LogP) is 4.60. The zero-order valence-corrected chi connectivity index (χ0v) is 15.2. The van der Waals surface area contributed by atoms with Crippen molar-refractivity contribution in [1.82, 2.24) is 10.2 Å². The van der Waals surface area contributed by atoms with E-state index in [0.717, 1.165) is 16.4 Å². The summed E-state index contributed by atoms with van der Waals surface area (Å²) in [6.07, 6.45) is 1.00. The van der Waals surface area contributed by atoms with Gasteiger partial charge in [-0.05, 0) is 56.4 Å². The first-order valence-electron chi connectivity index (χ1n) is 8.10. The highest BCUT2D eigenvalue weighted by Gasteiger charge is 2.15. The third kappa shape index (κ3) is 4.72. The Kier molecular flexibility index (Phi) is 5.72. The molecule has 0 unspecified atom stereocenters. The first kappa shape index (κ1) is 18.2. The molecule has 0 atom stereocenters. The fraction of sp³-hybridized carbons (Fsp3) is 0.278. The lowest BCUT2D eigenvalue weighted by Gasteiger charge is -2.02. The number of carbonyl (C=O) groups is 1. The molecule has 1 N–H and O–H groups in total. The van der Waals surface area contributed by atoms with Crippen molar-refractivity contribution in [3.05, 3.63) is 47.7 Å². The monoisotopic (exact) mass is 375 g/mol. The van der Waals surface area contributed by atoms with Gasteiger partial charge in [-0.1, -0.05) is 5.10 Å². The summed E-state index contributed by atoms with van der Waals surface area (Å²) in [5, 5.41) is 10.4. The number of hydrogen-bond donors (Lipinski definition) is 1. The average molecular weight is 375 g/mol. The van der Waals surface area contributed by atoms with Gasteiger partial charge in [-0.2, -0.15) is 0 Å². The zero-order chi connectivity index (χ0) is 18.5. The summed E-state index contributed by atoms with van der Waals surface area (Å²) in [4.78, 5) is 12.9. The van der Waals surface area contributed by atoms with Crippen molar-refractivity contribution in [2.75, 3.05) is 11.1 Å². The van der Waals surface area contributed by atoms with E-state index in [4.69, 9.17) is 8.83 Å². The average Bonchev–Trinajstić information content (AvgIpc) is 3.19. The molecule has 0 radical (unpaired) electrons. The van der Waals surface area contributed by atoms with Crippen LogP contribution in [0.2, 0.25) is 0 Å². The molecule has 1 amide bonds. The van der Waals surface area contributed by atoms with E-state index in [1.54, 1.807) is 30.0 Å². The number of aryl methyl sites for hydroxylation is 2. The molecule has 2 aromatic heterocycles. The highest BCUT2D eigenvalue weighted by Crippen LogP contribution is 2.26. The quantitative estimate of drug-likeness (QED) is 0.480. The van der Waals surface area contributed by atoms with Crippen molar-refractivity contribution in [1.29, 1.82) is 0 Å². The Balaban J connectivity index is 1.45. The van der Waals surface area contributed by atoms with E-state index in [1.165, 1.54) is 12.1 Å². The van der Waals surface area contributed by atoms with Crippen LogP contribution in [-0.4, -0.2) is 21.9 Å². The number of anilines is 1. The number of furan rings is 1. The van der Waals surface area contributed by atoms with E-state index in [2.05, 4.69) is 15.5 Å². The summed E-state index contributed by atoms with van der Waals surface area (Å²) in [6.45, 7) is 3.64. The van der Waals surface area contributed by atoms with Gasteiger partial charge in [0.2, 0.25) is 5.91 Å². The van der Waals surface area contributed by atoms with Gasteiger partial charge in [0.1, 0.15) is 17.3 Å². The zero-order valence-electron chi connectivity index (χ0n) is 14.4. The van der Waals surface area contributed by atoms with Crippen LogP contribution in [0.15, 0.2) is 44.1 Å². The molecule has 26 heavy (non-hydrogen) atoms. The number of nitrogens with zero attached hydrogens (tertiary/aromatic N) is 2. The highest BCUT2D eigenvalue weighted by atomic mass is 32.2. The minimum atomic E-state index is -0.256. The molecule has 1 aromatic carbocycles. The SMILES string of the molecule is Cc1cc(-c2nnc(NC(=O)CCCSc3ccc(F)cc3)o2)c(C)o1. The van der Waals surface area contributed by atoms with Crippen molar-refractivity contribution < 1.29 is 18.0 Å². The molecule has 0 bridgehead atoms.